The molecule has 0 aliphatic rings. The van der Waals surface area contributed by atoms with Crippen LogP contribution in [0.15, 0.2) is 36.5 Å². The first-order valence-corrected chi connectivity index (χ1v) is 28.3. The van der Waals surface area contributed by atoms with Gasteiger partial charge in [-0.1, -0.05) is 294 Å². The van der Waals surface area contributed by atoms with Crippen molar-refractivity contribution in [2.75, 3.05) is 6.61 Å². The summed E-state index contributed by atoms with van der Waals surface area (Å²) in [6.07, 6.45) is 69.7. The zero-order valence-corrected chi connectivity index (χ0v) is 42.5. The molecule has 0 fully saturated rings. The number of carbonyl (C=O) groups excluding carboxylic acids is 1. The molecule has 1 amide bonds. The number of carbonyl (C=O) groups is 1. The van der Waals surface area contributed by atoms with E-state index >= 15 is 0 Å². The number of aliphatic hydroxyl groups is 3. The standard InChI is InChI=1S/C58H111NO4/c1-3-5-7-9-11-13-15-17-18-19-20-21-22-23-24-25-26-27-28-29-30-31-32-33-34-35-36-37-38-39-41-43-45-47-49-51-53-57(62)58(63)59-55(54-60)56(61)52-50-48-46-44-42-40-16-14-12-10-8-6-4-2/h12,14,42,44,50,52,55-57,60-62H,3-11,13,15-41,43,45-49,51,53-54H2,1-2H3,(H,59,63)/b14-12+,44-42+,52-50+. The van der Waals surface area contributed by atoms with Gasteiger partial charge in [0.25, 0.3) is 0 Å². The lowest BCUT2D eigenvalue weighted by atomic mass is 10.0. The van der Waals surface area contributed by atoms with Crippen LogP contribution in [0.25, 0.3) is 0 Å². The van der Waals surface area contributed by atoms with Gasteiger partial charge in [0.05, 0.1) is 18.8 Å². The predicted octanol–water partition coefficient (Wildman–Crippen LogP) is 17.4. The second-order valence-corrected chi connectivity index (χ2v) is 19.5. The van der Waals surface area contributed by atoms with Crippen LogP contribution < -0.4 is 5.32 Å². The van der Waals surface area contributed by atoms with Gasteiger partial charge in [-0.25, -0.2) is 0 Å². The van der Waals surface area contributed by atoms with Crippen molar-refractivity contribution < 1.29 is 20.1 Å². The van der Waals surface area contributed by atoms with Crippen molar-refractivity contribution in [1.29, 1.82) is 0 Å². The molecule has 3 unspecified atom stereocenters. The number of unbranched alkanes of at least 4 members (excludes halogenated alkanes) is 40. The SMILES string of the molecule is CCCCC/C=C/CC/C=C/CC/C=C/C(O)C(CO)NC(=O)C(O)CCCCCCCCCCCCCCCCCCCCCCCCCCCCCCCCCCCCCC. The molecule has 0 saturated carbocycles. The van der Waals surface area contributed by atoms with Gasteiger partial charge in [-0.2, -0.15) is 0 Å². The first-order valence-electron chi connectivity index (χ1n) is 28.3. The number of aliphatic hydroxyl groups excluding tert-OH is 3. The first kappa shape index (κ1) is 61.6. The van der Waals surface area contributed by atoms with E-state index in [1.54, 1.807) is 6.08 Å². The third kappa shape index (κ3) is 48.3. The highest BCUT2D eigenvalue weighted by Gasteiger charge is 2.22. The van der Waals surface area contributed by atoms with Crippen LogP contribution >= 0.6 is 0 Å². The summed E-state index contributed by atoms with van der Waals surface area (Å²) in [5.41, 5.74) is 0. The highest BCUT2D eigenvalue weighted by Crippen LogP contribution is 2.18. The average molecular weight is 887 g/mol. The molecule has 3 atom stereocenters. The molecule has 0 aromatic carbocycles. The monoisotopic (exact) mass is 886 g/mol. The zero-order chi connectivity index (χ0) is 45.8. The van der Waals surface area contributed by atoms with Gasteiger partial charge in [-0.3, -0.25) is 4.79 Å². The molecule has 0 heterocycles. The van der Waals surface area contributed by atoms with Gasteiger partial charge in [-0.15, -0.1) is 0 Å². The molecule has 0 bridgehead atoms. The van der Waals surface area contributed by atoms with Gasteiger partial charge in [0.2, 0.25) is 5.91 Å². The molecule has 372 valence electrons. The second-order valence-electron chi connectivity index (χ2n) is 19.5. The summed E-state index contributed by atoms with van der Waals surface area (Å²) in [5, 5.41) is 33.2. The van der Waals surface area contributed by atoms with Crippen LogP contribution in [0.4, 0.5) is 0 Å². The van der Waals surface area contributed by atoms with Gasteiger partial charge in [-0.05, 0) is 44.9 Å². The lowest BCUT2D eigenvalue weighted by molar-refractivity contribution is -0.131. The van der Waals surface area contributed by atoms with Crippen LogP contribution in [-0.4, -0.2) is 46.1 Å². The van der Waals surface area contributed by atoms with E-state index in [2.05, 4.69) is 43.5 Å². The van der Waals surface area contributed by atoms with Gasteiger partial charge >= 0.3 is 0 Å². The molecule has 63 heavy (non-hydrogen) atoms. The number of nitrogens with one attached hydrogen (secondary N) is 1. The minimum absolute atomic E-state index is 0.379. The fourth-order valence-corrected chi connectivity index (χ4v) is 8.81. The van der Waals surface area contributed by atoms with Crippen molar-refractivity contribution in [1.82, 2.24) is 5.32 Å². The van der Waals surface area contributed by atoms with Gasteiger partial charge in [0.1, 0.15) is 6.10 Å². The van der Waals surface area contributed by atoms with Gasteiger partial charge < -0.3 is 20.6 Å². The fraction of sp³-hybridized carbons (Fsp3) is 0.879. The molecule has 0 rings (SSSR count). The van der Waals surface area contributed by atoms with E-state index in [9.17, 15) is 20.1 Å². The Morgan fingerprint density at radius 1 is 0.381 bits per heavy atom. The Hall–Kier alpha value is -1.43. The largest absolute Gasteiger partial charge is 0.394 e. The first-order chi connectivity index (χ1) is 31.1. The Morgan fingerprint density at radius 3 is 0.968 bits per heavy atom. The lowest BCUT2D eigenvalue weighted by Crippen LogP contribution is -2.48. The van der Waals surface area contributed by atoms with E-state index in [0.29, 0.717) is 6.42 Å². The van der Waals surface area contributed by atoms with Crippen molar-refractivity contribution in [2.24, 2.45) is 0 Å². The molecule has 0 aliphatic carbocycles. The van der Waals surface area contributed by atoms with Gasteiger partial charge in [0, 0.05) is 0 Å². The fourth-order valence-electron chi connectivity index (χ4n) is 8.81. The smallest absolute Gasteiger partial charge is 0.249 e. The van der Waals surface area contributed by atoms with E-state index in [1.165, 1.54) is 238 Å². The van der Waals surface area contributed by atoms with Crippen molar-refractivity contribution in [3.05, 3.63) is 36.5 Å². The summed E-state index contributed by atoms with van der Waals surface area (Å²) in [6, 6.07) is -0.819. The van der Waals surface area contributed by atoms with E-state index in [4.69, 9.17) is 0 Å². The zero-order valence-electron chi connectivity index (χ0n) is 42.5. The Bertz CT molecular complexity index is 978. The normalized spacial score (nSPS) is 13.5. The molecule has 0 radical (unpaired) electrons. The Morgan fingerprint density at radius 2 is 0.651 bits per heavy atom. The Balaban J connectivity index is 3.45. The number of rotatable bonds is 52. The number of hydrogen-bond acceptors (Lipinski definition) is 4. The lowest BCUT2D eigenvalue weighted by Gasteiger charge is -2.21. The van der Waals surface area contributed by atoms with E-state index in [1.807, 2.05) is 6.08 Å². The van der Waals surface area contributed by atoms with Crippen molar-refractivity contribution in [3.8, 4) is 0 Å². The predicted molar refractivity (Wildman–Crippen MR) is 278 cm³/mol. The van der Waals surface area contributed by atoms with Crippen LogP contribution in [0.5, 0.6) is 0 Å². The molecule has 0 aromatic rings. The minimum Gasteiger partial charge on any atom is -0.394 e. The maximum atomic E-state index is 12.5. The maximum absolute atomic E-state index is 12.5. The van der Waals surface area contributed by atoms with E-state index in [0.717, 1.165) is 44.9 Å². The van der Waals surface area contributed by atoms with Crippen LogP contribution in [0.3, 0.4) is 0 Å². The minimum atomic E-state index is -1.11. The number of amides is 1. The van der Waals surface area contributed by atoms with Crippen LogP contribution in [0.2, 0.25) is 0 Å². The molecule has 5 heteroatoms. The summed E-state index contributed by atoms with van der Waals surface area (Å²) < 4.78 is 0. The van der Waals surface area contributed by atoms with E-state index in [-0.39, 0.29) is 6.61 Å². The summed E-state index contributed by atoms with van der Waals surface area (Å²) >= 11 is 0. The third-order valence-corrected chi connectivity index (χ3v) is 13.2. The van der Waals surface area contributed by atoms with Crippen LogP contribution in [0, 0.1) is 0 Å². The highest BCUT2D eigenvalue weighted by molar-refractivity contribution is 5.80. The summed E-state index contributed by atoms with van der Waals surface area (Å²) in [4.78, 5) is 12.5. The number of allylic oxidation sites excluding steroid dienone is 5. The molecule has 0 saturated heterocycles. The van der Waals surface area contributed by atoms with E-state index < -0.39 is 24.2 Å². The van der Waals surface area contributed by atoms with Crippen molar-refractivity contribution >= 4 is 5.91 Å². The third-order valence-electron chi connectivity index (χ3n) is 13.2. The number of hydrogen-bond donors (Lipinski definition) is 4. The molecule has 0 aromatic heterocycles. The quantitative estimate of drug-likeness (QED) is 0.0362. The maximum Gasteiger partial charge on any atom is 0.249 e. The van der Waals surface area contributed by atoms with Gasteiger partial charge in [0.15, 0.2) is 0 Å². The van der Waals surface area contributed by atoms with Crippen LogP contribution in [0.1, 0.15) is 303 Å². The second kappa shape index (κ2) is 53.2. The molecule has 4 N–H and O–H groups in total. The Labute approximate surface area is 394 Å². The highest BCUT2D eigenvalue weighted by atomic mass is 16.3. The topological polar surface area (TPSA) is 89.8 Å². The summed E-state index contributed by atoms with van der Waals surface area (Å²) in [7, 11) is 0. The Kier molecular flexibility index (Phi) is 52.0. The summed E-state index contributed by atoms with van der Waals surface area (Å²) in [6.45, 7) is 4.15. The molecule has 0 aliphatic heterocycles. The van der Waals surface area contributed by atoms with Crippen LogP contribution in [-0.2, 0) is 4.79 Å². The van der Waals surface area contributed by atoms with Crippen molar-refractivity contribution in [3.63, 3.8) is 0 Å². The molecular weight excluding hydrogens is 775 g/mol. The van der Waals surface area contributed by atoms with Crippen molar-refractivity contribution in [2.45, 2.75) is 321 Å². The average Bonchev–Trinajstić information content (AvgIpc) is 3.29. The summed E-state index contributed by atoms with van der Waals surface area (Å²) in [5.74, 6) is -0.514. The molecule has 5 nitrogen and oxygen atoms in total. The molecular formula is C58H111NO4. The molecule has 0 spiro atoms.